The first-order valence-electron chi connectivity index (χ1n) is 7.84. The third-order valence-corrected chi connectivity index (χ3v) is 4.35. The maximum Gasteiger partial charge on any atom is 0.257 e. The van der Waals surface area contributed by atoms with Crippen molar-refractivity contribution in [2.24, 2.45) is 0 Å². The minimum atomic E-state index is -0.198. The lowest BCUT2D eigenvalue weighted by Crippen LogP contribution is -2.25. The molecule has 2 heterocycles. The Labute approximate surface area is 141 Å². The highest BCUT2D eigenvalue weighted by molar-refractivity contribution is 6.33. The van der Waals surface area contributed by atoms with Crippen molar-refractivity contribution in [2.45, 2.75) is 25.7 Å². The first kappa shape index (κ1) is 15.9. The molecule has 0 radical (unpaired) electrons. The van der Waals surface area contributed by atoms with Crippen LogP contribution in [-0.2, 0) is 4.74 Å². The molecule has 1 aromatic rings. The maximum atomic E-state index is 12.4. The van der Waals surface area contributed by atoms with E-state index in [1.807, 2.05) is 12.2 Å². The van der Waals surface area contributed by atoms with Crippen molar-refractivity contribution in [1.29, 1.82) is 0 Å². The Morgan fingerprint density at radius 2 is 2.17 bits per heavy atom. The van der Waals surface area contributed by atoms with E-state index in [4.69, 9.17) is 16.3 Å². The van der Waals surface area contributed by atoms with Crippen LogP contribution in [0.25, 0.3) is 0 Å². The molecule has 1 aliphatic heterocycles. The standard InChI is InChI=1S/C17H20ClN3O2/c1-23-14-6-4-5-13(10-14)20-17(22)12-9-15(18)16(19-11-12)21-7-2-3-8-21/h6,9-11H,2-5,7-8H2,1H3,(H,20,22). The van der Waals surface area contributed by atoms with Crippen molar-refractivity contribution < 1.29 is 9.53 Å². The summed E-state index contributed by atoms with van der Waals surface area (Å²) < 4.78 is 5.19. The van der Waals surface area contributed by atoms with Crippen molar-refractivity contribution in [3.63, 3.8) is 0 Å². The second-order valence-corrected chi connectivity index (χ2v) is 6.10. The number of carbonyl (C=O) groups is 1. The lowest BCUT2D eigenvalue weighted by atomic mass is 10.1. The molecular weight excluding hydrogens is 314 g/mol. The van der Waals surface area contributed by atoms with Gasteiger partial charge in [0.25, 0.3) is 5.91 Å². The van der Waals surface area contributed by atoms with Crippen LogP contribution in [0.3, 0.4) is 0 Å². The minimum Gasteiger partial charge on any atom is -0.497 e. The zero-order chi connectivity index (χ0) is 16.2. The molecule has 6 heteroatoms. The summed E-state index contributed by atoms with van der Waals surface area (Å²) in [7, 11) is 1.62. The summed E-state index contributed by atoms with van der Waals surface area (Å²) in [6, 6.07) is 1.69. The fourth-order valence-electron chi connectivity index (χ4n) is 2.85. The zero-order valence-electron chi connectivity index (χ0n) is 13.1. The molecule has 0 atom stereocenters. The monoisotopic (exact) mass is 333 g/mol. The highest BCUT2D eigenvalue weighted by Gasteiger charge is 2.18. The van der Waals surface area contributed by atoms with Gasteiger partial charge in [-0.15, -0.1) is 0 Å². The maximum absolute atomic E-state index is 12.4. The predicted molar refractivity (Wildman–Crippen MR) is 90.6 cm³/mol. The van der Waals surface area contributed by atoms with Crippen LogP contribution in [0.2, 0.25) is 5.02 Å². The summed E-state index contributed by atoms with van der Waals surface area (Å²) >= 11 is 6.31. The second kappa shape index (κ2) is 7.04. The van der Waals surface area contributed by atoms with Crippen molar-refractivity contribution in [1.82, 2.24) is 10.3 Å². The van der Waals surface area contributed by atoms with Gasteiger partial charge in [-0.3, -0.25) is 4.79 Å². The number of allylic oxidation sites excluding steroid dienone is 3. The molecule has 23 heavy (non-hydrogen) atoms. The first-order valence-corrected chi connectivity index (χ1v) is 8.22. The number of hydrogen-bond donors (Lipinski definition) is 1. The number of rotatable bonds is 4. The molecule has 2 aliphatic rings. The predicted octanol–water partition coefficient (Wildman–Crippen LogP) is 3.27. The molecule has 1 aromatic heterocycles. The van der Waals surface area contributed by atoms with Crippen LogP contribution >= 0.6 is 11.6 Å². The molecular formula is C17H20ClN3O2. The zero-order valence-corrected chi connectivity index (χ0v) is 13.9. The fraction of sp³-hybridized carbons (Fsp3) is 0.412. The third-order valence-electron chi connectivity index (χ3n) is 4.08. The summed E-state index contributed by atoms with van der Waals surface area (Å²) in [6.45, 7) is 1.94. The summed E-state index contributed by atoms with van der Waals surface area (Å²) in [5.41, 5.74) is 1.31. The number of aromatic nitrogens is 1. The highest BCUT2D eigenvalue weighted by atomic mass is 35.5. The second-order valence-electron chi connectivity index (χ2n) is 5.70. The van der Waals surface area contributed by atoms with E-state index in [0.29, 0.717) is 10.6 Å². The Morgan fingerprint density at radius 3 is 2.87 bits per heavy atom. The van der Waals surface area contributed by atoms with E-state index in [-0.39, 0.29) is 5.91 Å². The normalized spacial score (nSPS) is 17.6. The van der Waals surface area contributed by atoms with Gasteiger partial charge in [-0.2, -0.15) is 0 Å². The number of nitrogens with one attached hydrogen (secondary N) is 1. The number of carbonyl (C=O) groups excluding carboxylic acids is 1. The topological polar surface area (TPSA) is 54.5 Å². The number of nitrogens with zero attached hydrogens (tertiary/aromatic N) is 2. The van der Waals surface area contributed by atoms with Gasteiger partial charge in [0.05, 0.1) is 17.7 Å². The van der Waals surface area contributed by atoms with Gasteiger partial charge in [0.2, 0.25) is 0 Å². The summed E-state index contributed by atoms with van der Waals surface area (Å²) in [5.74, 6) is 1.34. The van der Waals surface area contributed by atoms with Crippen molar-refractivity contribution >= 4 is 23.3 Å². The third kappa shape index (κ3) is 3.67. The summed E-state index contributed by atoms with van der Waals surface area (Å²) in [4.78, 5) is 18.9. The SMILES string of the molecule is COC1=CCCC(NC(=O)c2cnc(N3CCCC3)c(Cl)c2)=C1. The van der Waals surface area contributed by atoms with Gasteiger partial charge in [0.15, 0.2) is 0 Å². The highest BCUT2D eigenvalue weighted by Crippen LogP contribution is 2.27. The van der Waals surface area contributed by atoms with Gasteiger partial charge in [-0.25, -0.2) is 4.98 Å². The van der Waals surface area contributed by atoms with E-state index < -0.39 is 0 Å². The Balaban J connectivity index is 1.71. The summed E-state index contributed by atoms with van der Waals surface area (Å²) in [6.07, 6.45) is 9.38. The molecule has 0 saturated carbocycles. The van der Waals surface area contributed by atoms with Crippen LogP contribution in [0.5, 0.6) is 0 Å². The quantitative estimate of drug-likeness (QED) is 0.918. The number of amides is 1. The van der Waals surface area contributed by atoms with Gasteiger partial charge in [-0.05, 0) is 43.9 Å². The van der Waals surface area contributed by atoms with Gasteiger partial charge in [0.1, 0.15) is 11.6 Å². The lowest BCUT2D eigenvalue weighted by Gasteiger charge is -2.18. The minimum absolute atomic E-state index is 0.198. The van der Waals surface area contributed by atoms with Crippen LogP contribution in [-0.4, -0.2) is 31.1 Å². The van der Waals surface area contributed by atoms with E-state index in [0.717, 1.165) is 56.0 Å². The number of methoxy groups -OCH3 is 1. The molecule has 1 N–H and O–H groups in total. The molecule has 1 fully saturated rings. The number of halogens is 1. The number of anilines is 1. The first-order chi connectivity index (χ1) is 11.2. The van der Waals surface area contributed by atoms with Crippen molar-refractivity contribution in [2.75, 3.05) is 25.1 Å². The molecule has 0 aromatic carbocycles. The smallest absolute Gasteiger partial charge is 0.257 e. The molecule has 1 saturated heterocycles. The number of hydrogen-bond acceptors (Lipinski definition) is 4. The van der Waals surface area contributed by atoms with Crippen molar-refractivity contribution in [3.8, 4) is 0 Å². The van der Waals surface area contributed by atoms with Crippen LogP contribution in [0, 0.1) is 0 Å². The molecule has 1 amide bonds. The Morgan fingerprint density at radius 1 is 1.39 bits per heavy atom. The molecule has 3 rings (SSSR count). The average molecular weight is 334 g/mol. The van der Waals surface area contributed by atoms with Gasteiger partial charge >= 0.3 is 0 Å². The number of ether oxygens (including phenoxy) is 1. The van der Waals surface area contributed by atoms with E-state index in [1.54, 1.807) is 19.4 Å². The van der Waals surface area contributed by atoms with E-state index in [1.165, 1.54) is 0 Å². The summed E-state index contributed by atoms with van der Waals surface area (Å²) in [5, 5.41) is 3.43. The Bertz CT molecular complexity index is 664. The molecule has 5 nitrogen and oxygen atoms in total. The van der Waals surface area contributed by atoms with Crippen LogP contribution in [0.15, 0.2) is 35.9 Å². The molecule has 0 unspecified atom stereocenters. The molecule has 0 bridgehead atoms. The van der Waals surface area contributed by atoms with E-state index in [2.05, 4.69) is 15.2 Å². The van der Waals surface area contributed by atoms with Crippen LogP contribution in [0.4, 0.5) is 5.82 Å². The van der Waals surface area contributed by atoms with E-state index in [9.17, 15) is 4.79 Å². The van der Waals surface area contributed by atoms with Gasteiger partial charge < -0.3 is 15.0 Å². The Kier molecular flexibility index (Phi) is 4.86. The lowest BCUT2D eigenvalue weighted by molar-refractivity contribution is 0.0964. The molecule has 0 spiro atoms. The number of pyridine rings is 1. The molecule has 1 aliphatic carbocycles. The van der Waals surface area contributed by atoms with Gasteiger partial charge in [-0.1, -0.05) is 11.6 Å². The van der Waals surface area contributed by atoms with Crippen LogP contribution < -0.4 is 10.2 Å². The average Bonchev–Trinajstić information content (AvgIpc) is 3.09. The largest absolute Gasteiger partial charge is 0.497 e. The Hall–Kier alpha value is -2.01. The van der Waals surface area contributed by atoms with Crippen molar-refractivity contribution in [3.05, 3.63) is 46.5 Å². The van der Waals surface area contributed by atoms with E-state index >= 15 is 0 Å². The fourth-order valence-corrected chi connectivity index (χ4v) is 3.13. The molecule has 122 valence electrons. The van der Waals surface area contributed by atoms with Crippen LogP contribution in [0.1, 0.15) is 36.0 Å². The van der Waals surface area contributed by atoms with Gasteiger partial charge in [0, 0.05) is 25.0 Å².